The minimum absolute atomic E-state index is 0.138. The molecular weight excluding hydrogens is 395 g/mol. The summed E-state index contributed by atoms with van der Waals surface area (Å²) in [4.78, 5) is 10.3. The normalized spacial score (nSPS) is 23.1. The van der Waals surface area contributed by atoms with E-state index >= 15 is 0 Å². The number of fused-ring (bicyclic) bond motifs is 1. The summed E-state index contributed by atoms with van der Waals surface area (Å²) < 4.78 is 43.3. The van der Waals surface area contributed by atoms with Gasteiger partial charge in [-0.05, 0) is 25.6 Å². The Morgan fingerprint density at radius 3 is 2.73 bits per heavy atom. The summed E-state index contributed by atoms with van der Waals surface area (Å²) in [6.07, 6.45) is -3.41. The van der Waals surface area contributed by atoms with Crippen LogP contribution in [-0.2, 0) is 11.3 Å². The summed E-state index contributed by atoms with van der Waals surface area (Å²) in [5.74, 6) is 0.783. The summed E-state index contributed by atoms with van der Waals surface area (Å²) >= 11 is 0. The second kappa shape index (κ2) is 10.5. The highest BCUT2D eigenvalue weighted by atomic mass is 19.4. The van der Waals surface area contributed by atoms with Crippen LogP contribution in [-0.4, -0.2) is 99.0 Å². The molecule has 1 aromatic rings. The molecule has 2 heterocycles. The Labute approximate surface area is 176 Å². The number of rotatable bonds is 7. The number of aliphatic imine (C=N–C) groups is 1. The molecule has 0 aliphatic carbocycles. The first-order valence-electron chi connectivity index (χ1n) is 10.5. The molecule has 2 aliphatic rings. The SMILES string of the molecule is CN=C(NCCCN(C)CC(F)(F)F)N1CC2OCCN(Cc3ccccc3)C2C1. The Hall–Kier alpha value is -1.84. The van der Waals surface area contributed by atoms with E-state index in [4.69, 9.17) is 4.74 Å². The molecule has 2 fully saturated rings. The number of ether oxygens (including phenoxy) is 1. The van der Waals surface area contributed by atoms with Crippen LogP contribution in [0.15, 0.2) is 35.3 Å². The number of nitrogens with zero attached hydrogens (tertiary/aromatic N) is 4. The lowest BCUT2D eigenvalue weighted by molar-refractivity contribution is -0.143. The Kier molecular flexibility index (Phi) is 7.96. The molecule has 1 N–H and O–H groups in total. The summed E-state index contributed by atoms with van der Waals surface area (Å²) in [6, 6.07) is 10.7. The first-order chi connectivity index (χ1) is 14.4. The van der Waals surface area contributed by atoms with Crippen molar-refractivity contribution >= 4 is 5.96 Å². The Morgan fingerprint density at radius 1 is 1.27 bits per heavy atom. The fourth-order valence-corrected chi connectivity index (χ4v) is 4.21. The molecule has 0 radical (unpaired) electrons. The van der Waals surface area contributed by atoms with E-state index in [0.717, 1.165) is 38.7 Å². The summed E-state index contributed by atoms with van der Waals surface area (Å²) in [7, 11) is 3.23. The molecule has 2 saturated heterocycles. The molecule has 1 aromatic carbocycles. The van der Waals surface area contributed by atoms with Crippen molar-refractivity contribution in [2.75, 3.05) is 60.0 Å². The lowest BCUT2D eigenvalue weighted by atomic mass is 10.1. The van der Waals surface area contributed by atoms with Gasteiger partial charge in [0, 0.05) is 39.8 Å². The monoisotopic (exact) mass is 427 g/mol. The number of guanidine groups is 1. The number of hydrogen-bond acceptors (Lipinski definition) is 4. The lowest BCUT2D eigenvalue weighted by Crippen LogP contribution is -2.50. The fraction of sp³-hybridized carbons (Fsp3) is 0.667. The second-order valence-electron chi connectivity index (χ2n) is 8.02. The first-order valence-corrected chi connectivity index (χ1v) is 10.5. The predicted octanol–water partition coefficient (Wildman–Crippen LogP) is 2.03. The molecule has 0 bridgehead atoms. The van der Waals surface area contributed by atoms with Crippen LogP contribution in [0.5, 0.6) is 0 Å². The zero-order valence-electron chi connectivity index (χ0n) is 17.7. The van der Waals surface area contributed by atoms with Crippen molar-refractivity contribution < 1.29 is 17.9 Å². The topological polar surface area (TPSA) is 43.3 Å². The molecule has 3 rings (SSSR count). The molecular formula is C21H32F3N5O. The molecule has 0 amide bonds. The molecule has 168 valence electrons. The van der Waals surface area contributed by atoms with Crippen LogP contribution in [0.2, 0.25) is 0 Å². The smallest absolute Gasteiger partial charge is 0.373 e. The standard InChI is InChI=1S/C21H32F3N5O/c1-25-20(26-9-6-10-27(2)16-21(22,23)24)29-14-18-19(15-29)30-12-11-28(18)13-17-7-4-3-5-8-17/h3-5,7-8,18-19H,6,9-16H2,1-2H3,(H,25,26). The van der Waals surface area contributed by atoms with Crippen LogP contribution >= 0.6 is 0 Å². The Bertz CT molecular complexity index is 685. The largest absolute Gasteiger partial charge is 0.401 e. The third-order valence-electron chi connectivity index (χ3n) is 5.61. The number of halogens is 3. The quantitative estimate of drug-likeness (QED) is 0.410. The van der Waals surface area contributed by atoms with Gasteiger partial charge in [0.2, 0.25) is 0 Å². The van der Waals surface area contributed by atoms with Crippen LogP contribution in [0.3, 0.4) is 0 Å². The highest BCUT2D eigenvalue weighted by Gasteiger charge is 2.41. The maximum absolute atomic E-state index is 12.4. The zero-order valence-corrected chi connectivity index (χ0v) is 17.7. The highest BCUT2D eigenvalue weighted by Crippen LogP contribution is 2.24. The third kappa shape index (κ3) is 6.58. The molecule has 0 saturated carbocycles. The van der Waals surface area contributed by atoms with Gasteiger partial charge >= 0.3 is 6.18 Å². The van der Waals surface area contributed by atoms with Gasteiger partial charge in [0.05, 0.1) is 25.3 Å². The van der Waals surface area contributed by atoms with Gasteiger partial charge in [0.25, 0.3) is 0 Å². The second-order valence-corrected chi connectivity index (χ2v) is 8.02. The van der Waals surface area contributed by atoms with E-state index in [0.29, 0.717) is 25.6 Å². The highest BCUT2D eigenvalue weighted by molar-refractivity contribution is 5.80. The van der Waals surface area contributed by atoms with Crippen molar-refractivity contribution in [3.8, 4) is 0 Å². The van der Waals surface area contributed by atoms with Gasteiger partial charge in [-0.3, -0.25) is 14.8 Å². The molecule has 2 unspecified atom stereocenters. The van der Waals surface area contributed by atoms with E-state index in [1.54, 1.807) is 7.05 Å². The van der Waals surface area contributed by atoms with Gasteiger partial charge in [0.15, 0.2) is 5.96 Å². The maximum atomic E-state index is 12.4. The van der Waals surface area contributed by atoms with Gasteiger partial charge in [-0.1, -0.05) is 30.3 Å². The lowest BCUT2D eigenvalue weighted by Gasteiger charge is -2.36. The molecule has 30 heavy (non-hydrogen) atoms. The Morgan fingerprint density at radius 2 is 2.03 bits per heavy atom. The average molecular weight is 428 g/mol. The van der Waals surface area contributed by atoms with E-state index in [1.807, 2.05) is 6.07 Å². The van der Waals surface area contributed by atoms with E-state index in [1.165, 1.54) is 17.5 Å². The summed E-state index contributed by atoms with van der Waals surface area (Å²) in [5.41, 5.74) is 1.29. The predicted molar refractivity (Wildman–Crippen MR) is 111 cm³/mol. The number of hydrogen-bond donors (Lipinski definition) is 1. The van der Waals surface area contributed by atoms with E-state index in [2.05, 4.69) is 44.4 Å². The van der Waals surface area contributed by atoms with Gasteiger partial charge in [-0.15, -0.1) is 0 Å². The van der Waals surface area contributed by atoms with Crippen molar-refractivity contribution in [1.82, 2.24) is 20.0 Å². The van der Waals surface area contributed by atoms with E-state index in [9.17, 15) is 13.2 Å². The zero-order chi connectivity index (χ0) is 21.6. The number of alkyl halides is 3. The minimum atomic E-state index is -4.16. The third-order valence-corrected chi connectivity index (χ3v) is 5.61. The van der Waals surface area contributed by atoms with E-state index in [-0.39, 0.29) is 6.10 Å². The average Bonchev–Trinajstić information content (AvgIpc) is 3.12. The van der Waals surface area contributed by atoms with Crippen molar-refractivity contribution in [3.05, 3.63) is 35.9 Å². The maximum Gasteiger partial charge on any atom is 0.401 e. The number of benzene rings is 1. The van der Waals surface area contributed by atoms with Gasteiger partial charge in [0.1, 0.15) is 0 Å². The first kappa shape index (κ1) is 22.8. The minimum Gasteiger partial charge on any atom is -0.373 e. The summed E-state index contributed by atoms with van der Waals surface area (Å²) in [5, 5.41) is 3.30. The van der Waals surface area contributed by atoms with Crippen LogP contribution < -0.4 is 5.32 Å². The van der Waals surface area contributed by atoms with E-state index < -0.39 is 12.7 Å². The summed E-state index contributed by atoms with van der Waals surface area (Å²) in [6.45, 7) is 4.19. The molecule has 0 aromatic heterocycles. The van der Waals surface area contributed by atoms with Gasteiger partial charge in [-0.2, -0.15) is 13.2 Å². The van der Waals surface area contributed by atoms with Crippen LogP contribution in [0.1, 0.15) is 12.0 Å². The molecule has 9 heteroatoms. The van der Waals surface area contributed by atoms with Crippen molar-refractivity contribution in [1.29, 1.82) is 0 Å². The molecule has 6 nitrogen and oxygen atoms in total. The van der Waals surface area contributed by atoms with Crippen LogP contribution in [0, 0.1) is 0 Å². The van der Waals surface area contributed by atoms with Gasteiger partial charge < -0.3 is 15.0 Å². The van der Waals surface area contributed by atoms with Crippen molar-refractivity contribution in [2.45, 2.75) is 31.3 Å². The fourth-order valence-electron chi connectivity index (χ4n) is 4.21. The number of likely N-dealkylation sites (tertiary alicyclic amines) is 1. The van der Waals surface area contributed by atoms with Crippen molar-refractivity contribution in [3.63, 3.8) is 0 Å². The van der Waals surface area contributed by atoms with Crippen molar-refractivity contribution in [2.24, 2.45) is 4.99 Å². The number of morpholine rings is 1. The number of nitrogens with one attached hydrogen (secondary N) is 1. The molecule has 0 spiro atoms. The molecule has 2 atom stereocenters. The van der Waals surface area contributed by atoms with Crippen LogP contribution in [0.25, 0.3) is 0 Å². The Balaban J connectivity index is 1.47. The molecule has 2 aliphatic heterocycles. The van der Waals surface area contributed by atoms with Crippen LogP contribution in [0.4, 0.5) is 13.2 Å². The van der Waals surface area contributed by atoms with Gasteiger partial charge in [-0.25, -0.2) is 0 Å².